The van der Waals surface area contributed by atoms with Gasteiger partial charge in [-0.25, -0.2) is 0 Å². The summed E-state index contributed by atoms with van der Waals surface area (Å²) in [6, 6.07) is 70.5. The lowest BCUT2D eigenvalue weighted by molar-refractivity contribution is 0.480. The van der Waals surface area contributed by atoms with Crippen LogP contribution in [-0.4, -0.2) is 9.97 Å². The molecule has 2 heterocycles. The van der Waals surface area contributed by atoms with Crippen LogP contribution in [0.2, 0.25) is 0 Å². The molecule has 2 nitrogen and oxygen atoms in total. The van der Waals surface area contributed by atoms with E-state index in [4.69, 9.17) is 9.97 Å². The Labute approximate surface area is 436 Å². The number of halogens is 2. The summed E-state index contributed by atoms with van der Waals surface area (Å²) in [6.07, 6.45) is 5.91. The molecule has 71 heavy (non-hydrogen) atoms. The second-order valence-corrected chi connectivity index (χ2v) is 20.7. The largest absolute Gasteiger partial charge is 0.256 e. The van der Waals surface area contributed by atoms with Crippen LogP contribution in [-0.2, 0) is 5.41 Å². The number of aryl methyl sites for hydroxylation is 4. The smallest absolute Gasteiger partial charge is 0.0705 e. The average molecular weight is 1050 g/mol. The number of hydrogen-bond acceptors (Lipinski definition) is 2. The molecule has 0 aliphatic carbocycles. The molecule has 0 amide bonds. The van der Waals surface area contributed by atoms with Crippen molar-refractivity contribution < 1.29 is 0 Å². The molecule has 10 rings (SSSR count). The molecule has 0 radical (unpaired) electrons. The lowest BCUT2D eigenvalue weighted by atomic mass is 9.65. The zero-order valence-corrected chi connectivity index (χ0v) is 44.4. The fourth-order valence-electron chi connectivity index (χ4n) is 10.7. The maximum absolute atomic E-state index is 5.07. The van der Waals surface area contributed by atoms with Crippen molar-refractivity contribution in [3.63, 3.8) is 0 Å². The van der Waals surface area contributed by atoms with E-state index >= 15 is 0 Å². The number of nitrogens with zero attached hydrogens (tertiary/aromatic N) is 2. The summed E-state index contributed by atoms with van der Waals surface area (Å²) in [7, 11) is 0. The van der Waals surface area contributed by atoms with E-state index in [-0.39, 0.29) is 5.41 Å². The Hall–Kier alpha value is -6.98. The van der Waals surface area contributed by atoms with E-state index in [9.17, 15) is 0 Å². The van der Waals surface area contributed by atoms with Crippen molar-refractivity contribution in [1.29, 1.82) is 0 Å². The fraction of sp³-hybridized carbons (Fsp3) is 0.134. The zero-order chi connectivity index (χ0) is 49.2. The molecule has 0 saturated heterocycles. The Kier molecular flexibility index (Phi) is 13.7. The van der Waals surface area contributed by atoms with Gasteiger partial charge in [-0.05, 0) is 155 Å². The molecule has 0 spiro atoms. The summed E-state index contributed by atoms with van der Waals surface area (Å²) in [5.74, 6) is 0. The maximum Gasteiger partial charge on any atom is 0.0705 e. The number of hydrogen-bond donors (Lipinski definition) is 0. The lowest BCUT2D eigenvalue weighted by Crippen LogP contribution is -2.28. The van der Waals surface area contributed by atoms with Gasteiger partial charge in [0.1, 0.15) is 0 Å². The van der Waals surface area contributed by atoms with Crippen LogP contribution < -0.4 is 0 Å². The molecule has 0 N–H and O–H groups in total. The summed E-state index contributed by atoms with van der Waals surface area (Å²) in [5.41, 5.74) is 25.4. The van der Waals surface area contributed by atoms with Gasteiger partial charge in [-0.2, -0.15) is 0 Å². The molecule has 0 bridgehead atoms. The minimum Gasteiger partial charge on any atom is -0.256 e. The monoisotopic (exact) mass is 1050 g/mol. The van der Waals surface area contributed by atoms with Crippen LogP contribution in [0.25, 0.3) is 89.3 Å². The van der Waals surface area contributed by atoms with Gasteiger partial charge >= 0.3 is 0 Å². The highest BCUT2D eigenvalue weighted by molar-refractivity contribution is 9.11. The first-order valence-electron chi connectivity index (χ1n) is 24.6. The molecule has 0 aliphatic rings. The summed E-state index contributed by atoms with van der Waals surface area (Å²) in [6.45, 7) is 13.5. The molecule has 348 valence electrons. The molecule has 2 aromatic heterocycles. The highest BCUT2D eigenvalue weighted by Crippen LogP contribution is 2.51. The summed E-state index contributed by atoms with van der Waals surface area (Å²) in [5, 5.41) is 0. The van der Waals surface area contributed by atoms with Gasteiger partial charge in [0.25, 0.3) is 0 Å². The Morgan fingerprint density at radius 1 is 0.352 bits per heavy atom. The third kappa shape index (κ3) is 9.52. The summed E-state index contributed by atoms with van der Waals surface area (Å²) in [4.78, 5) is 10.1. The van der Waals surface area contributed by atoms with Crippen LogP contribution in [0.15, 0.2) is 215 Å². The molecule has 0 fully saturated rings. The van der Waals surface area contributed by atoms with Gasteiger partial charge in [0.05, 0.1) is 11.4 Å². The number of rotatable bonds is 12. The third-order valence-electron chi connectivity index (χ3n) is 14.4. The zero-order valence-electron chi connectivity index (χ0n) is 41.2. The van der Waals surface area contributed by atoms with Crippen molar-refractivity contribution >= 4 is 31.9 Å². The van der Waals surface area contributed by atoms with Crippen LogP contribution in [0.3, 0.4) is 0 Å². The average Bonchev–Trinajstić information content (AvgIpc) is 3.39. The van der Waals surface area contributed by atoms with Crippen molar-refractivity contribution in [2.45, 2.75) is 59.8 Å². The van der Waals surface area contributed by atoms with Gasteiger partial charge in [0.15, 0.2) is 0 Å². The molecule has 0 unspecified atom stereocenters. The Morgan fingerprint density at radius 3 is 1.17 bits per heavy atom. The normalized spacial score (nSPS) is 11.5. The molecule has 0 saturated carbocycles. The molecule has 8 aromatic carbocycles. The first-order valence-corrected chi connectivity index (χ1v) is 26.2. The minimum atomic E-state index is -0.294. The lowest BCUT2D eigenvalue weighted by Gasteiger charge is -2.38. The first-order chi connectivity index (χ1) is 34.5. The van der Waals surface area contributed by atoms with Crippen LogP contribution in [0.1, 0.15) is 60.1 Å². The van der Waals surface area contributed by atoms with Crippen molar-refractivity contribution in [2.24, 2.45) is 0 Å². The minimum absolute atomic E-state index is 0.294. The van der Waals surface area contributed by atoms with E-state index in [1.807, 2.05) is 12.4 Å². The van der Waals surface area contributed by atoms with Gasteiger partial charge in [-0.3, -0.25) is 9.97 Å². The van der Waals surface area contributed by atoms with E-state index < -0.39 is 0 Å². The molecular weight excluding hydrogens is 993 g/mol. The first kappa shape index (κ1) is 47.7. The maximum atomic E-state index is 5.07. The van der Waals surface area contributed by atoms with Crippen LogP contribution >= 0.6 is 31.9 Å². The quantitative estimate of drug-likeness (QED) is 0.122. The highest BCUT2D eigenvalue weighted by Gasteiger charge is 2.36. The van der Waals surface area contributed by atoms with Crippen molar-refractivity contribution in [2.75, 3.05) is 0 Å². The third-order valence-corrected chi connectivity index (χ3v) is 15.7. The van der Waals surface area contributed by atoms with E-state index in [0.717, 1.165) is 77.7 Å². The number of aromatic nitrogens is 2. The van der Waals surface area contributed by atoms with E-state index in [1.165, 1.54) is 66.8 Å². The van der Waals surface area contributed by atoms with Crippen molar-refractivity contribution in [3.05, 3.63) is 249 Å². The Balaban J connectivity index is 1.04. The molecule has 0 aliphatic heterocycles. The van der Waals surface area contributed by atoms with E-state index in [1.54, 1.807) is 0 Å². The topological polar surface area (TPSA) is 25.8 Å². The van der Waals surface area contributed by atoms with Gasteiger partial charge in [0, 0.05) is 49.0 Å². The summed E-state index contributed by atoms with van der Waals surface area (Å²) < 4.78 is 2.06. The van der Waals surface area contributed by atoms with Crippen molar-refractivity contribution in [3.8, 4) is 89.3 Å². The van der Waals surface area contributed by atoms with Gasteiger partial charge in [0.2, 0.25) is 0 Å². The standard InChI is InChI=1S/C67H56Br2N2/c1-7-67(8-2,55-33-43(3)32-44(4)34-55)66-58(56-30-28-53(39-62(56)68)64-35-45(5)60(41-70-64)51-24-15-22-49(37-51)47-18-11-9-12-19-47)26-17-27-59(66)57-31-29-54(40-63(57)69)65-36-46(6)61(42-71-65)52-25-16-23-50(38-52)48-20-13-10-14-21-48/h9-42H,7-8H2,1-6H3. The van der Waals surface area contributed by atoms with Crippen LogP contribution in [0, 0.1) is 27.7 Å². The molecule has 0 atom stereocenters. The predicted molar refractivity (Wildman–Crippen MR) is 308 cm³/mol. The van der Waals surface area contributed by atoms with Crippen molar-refractivity contribution in [1.82, 2.24) is 9.97 Å². The molecular formula is C67H56Br2N2. The van der Waals surface area contributed by atoms with E-state index in [2.05, 4.69) is 268 Å². The predicted octanol–water partition coefficient (Wildman–Crippen LogP) is 19.7. The number of pyridine rings is 2. The number of benzene rings is 8. The second kappa shape index (κ2) is 20.4. The second-order valence-electron chi connectivity index (χ2n) is 18.9. The Morgan fingerprint density at radius 2 is 0.761 bits per heavy atom. The SMILES string of the molecule is CCC(CC)(c1cc(C)cc(C)c1)c1c(-c2ccc(-c3cc(C)c(-c4cccc(-c5ccccc5)c4)cn3)cc2Br)cccc1-c1ccc(-c2cc(C)c(-c3cccc(-c4ccccc4)c3)cn2)cc1Br. The van der Waals surface area contributed by atoms with E-state index in [0.29, 0.717) is 0 Å². The van der Waals surface area contributed by atoms with Crippen LogP contribution in [0.4, 0.5) is 0 Å². The van der Waals surface area contributed by atoms with Crippen LogP contribution in [0.5, 0.6) is 0 Å². The summed E-state index contributed by atoms with van der Waals surface area (Å²) >= 11 is 8.26. The fourth-order valence-corrected chi connectivity index (χ4v) is 11.9. The van der Waals surface area contributed by atoms with Gasteiger partial charge < -0.3 is 0 Å². The van der Waals surface area contributed by atoms with Gasteiger partial charge in [-0.1, -0.05) is 215 Å². The Bertz CT molecular complexity index is 3350. The highest BCUT2D eigenvalue weighted by atomic mass is 79.9. The molecule has 4 heteroatoms. The van der Waals surface area contributed by atoms with Gasteiger partial charge in [-0.15, -0.1) is 0 Å². The molecule has 10 aromatic rings.